The quantitative estimate of drug-likeness (QED) is 0.793. The molecule has 0 aromatic heterocycles. The maximum absolute atomic E-state index is 11.2. The lowest BCUT2D eigenvalue weighted by atomic mass is 10.0. The molecular weight excluding hydrogens is 260 g/mol. The van der Waals surface area contributed by atoms with E-state index in [0.717, 1.165) is 25.1 Å². The minimum atomic E-state index is -1.01. The van der Waals surface area contributed by atoms with Crippen molar-refractivity contribution in [3.8, 4) is 0 Å². The monoisotopic (exact) mass is 278 g/mol. The maximum atomic E-state index is 11.2. The number of ether oxygens (including phenoxy) is 2. The largest absolute Gasteiger partial charge is 0.478 e. The van der Waals surface area contributed by atoms with Gasteiger partial charge in [0.05, 0.1) is 36.7 Å². The first-order valence-electron chi connectivity index (χ1n) is 6.76. The summed E-state index contributed by atoms with van der Waals surface area (Å²) in [6.45, 7) is 2.62. The number of nitrogens with zero attached hydrogens (tertiary/aromatic N) is 1. The fourth-order valence-electron chi connectivity index (χ4n) is 2.94. The zero-order chi connectivity index (χ0) is 14.2. The van der Waals surface area contributed by atoms with Gasteiger partial charge in [-0.3, -0.25) is 0 Å². The summed E-state index contributed by atoms with van der Waals surface area (Å²) in [4.78, 5) is 13.2. The molecule has 2 aliphatic heterocycles. The van der Waals surface area contributed by atoms with Gasteiger partial charge in [0.15, 0.2) is 5.79 Å². The summed E-state index contributed by atoms with van der Waals surface area (Å²) in [5.41, 5.74) is 7.17. The van der Waals surface area contributed by atoms with Crippen molar-refractivity contribution < 1.29 is 19.4 Å². The third-order valence-electron chi connectivity index (χ3n) is 3.89. The fourth-order valence-corrected chi connectivity index (χ4v) is 2.94. The number of carboxylic acid groups (broad SMARTS) is 1. The first-order valence-corrected chi connectivity index (χ1v) is 6.76. The average Bonchev–Trinajstić information content (AvgIpc) is 2.86. The highest BCUT2D eigenvalue weighted by molar-refractivity contribution is 5.97. The number of hydrogen-bond donors (Lipinski definition) is 2. The van der Waals surface area contributed by atoms with E-state index >= 15 is 0 Å². The average molecular weight is 278 g/mol. The van der Waals surface area contributed by atoms with Gasteiger partial charge in [-0.1, -0.05) is 6.07 Å². The van der Waals surface area contributed by atoms with Gasteiger partial charge in [0, 0.05) is 13.0 Å². The number of carboxylic acids is 1. The third kappa shape index (κ3) is 2.21. The highest BCUT2D eigenvalue weighted by Crippen LogP contribution is 2.35. The zero-order valence-electron chi connectivity index (χ0n) is 11.2. The van der Waals surface area contributed by atoms with Crippen LogP contribution in [-0.4, -0.2) is 43.2 Å². The van der Waals surface area contributed by atoms with Gasteiger partial charge in [-0.15, -0.1) is 0 Å². The van der Waals surface area contributed by atoms with Crippen LogP contribution in [0.4, 0.5) is 11.4 Å². The Balaban J connectivity index is 1.89. The van der Waals surface area contributed by atoms with Crippen molar-refractivity contribution in [2.24, 2.45) is 0 Å². The van der Waals surface area contributed by atoms with E-state index in [4.69, 9.17) is 20.3 Å². The molecule has 6 nitrogen and oxygen atoms in total. The van der Waals surface area contributed by atoms with Gasteiger partial charge in [0.2, 0.25) is 0 Å². The van der Waals surface area contributed by atoms with Gasteiger partial charge in [-0.05, 0) is 18.6 Å². The van der Waals surface area contributed by atoms with Crippen molar-refractivity contribution in [2.75, 3.05) is 36.9 Å². The van der Waals surface area contributed by atoms with E-state index in [1.807, 2.05) is 6.07 Å². The van der Waals surface area contributed by atoms with Crippen molar-refractivity contribution in [1.29, 1.82) is 0 Å². The van der Waals surface area contributed by atoms with Crippen LogP contribution in [0.5, 0.6) is 0 Å². The number of aromatic carboxylic acids is 1. The molecule has 2 saturated heterocycles. The van der Waals surface area contributed by atoms with Gasteiger partial charge >= 0.3 is 5.97 Å². The molecule has 1 spiro atoms. The summed E-state index contributed by atoms with van der Waals surface area (Å²) in [7, 11) is 0. The second-order valence-electron chi connectivity index (χ2n) is 5.18. The minimum Gasteiger partial charge on any atom is -0.478 e. The summed E-state index contributed by atoms with van der Waals surface area (Å²) in [5, 5.41) is 9.15. The molecule has 2 aliphatic rings. The predicted octanol–water partition coefficient (Wildman–Crippen LogP) is 1.31. The second kappa shape index (κ2) is 4.96. The standard InChI is InChI=1S/C14H18N2O4/c15-12-10(13(17)18)3-1-4-11(12)16-6-2-5-14(9-16)19-7-8-20-14/h1,3-4H,2,5-9,15H2,(H,17,18). The normalized spacial score (nSPS) is 21.3. The third-order valence-corrected chi connectivity index (χ3v) is 3.89. The van der Waals surface area contributed by atoms with Gasteiger partial charge in [0.1, 0.15) is 0 Å². The van der Waals surface area contributed by atoms with Crippen LogP contribution in [0.15, 0.2) is 18.2 Å². The number of anilines is 2. The van der Waals surface area contributed by atoms with Gasteiger partial charge in [-0.25, -0.2) is 4.79 Å². The van der Waals surface area contributed by atoms with E-state index in [0.29, 0.717) is 25.4 Å². The van der Waals surface area contributed by atoms with Crippen LogP contribution in [0, 0.1) is 0 Å². The number of benzene rings is 1. The maximum Gasteiger partial charge on any atom is 0.337 e. The Morgan fingerprint density at radius 2 is 2.10 bits per heavy atom. The van der Waals surface area contributed by atoms with Crippen molar-refractivity contribution in [3.05, 3.63) is 23.8 Å². The number of carbonyl (C=O) groups is 1. The van der Waals surface area contributed by atoms with Crippen LogP contribution in [0.25, 0.3) is 0 Å². The van der Waals surface area contributed by atoms with Crippen LogP contribution in [-0.2, 0) is 9.47 Å². The van der Waals surface area contributed by atoms with E-state index in [-0.39, 0.29) is 5.56 Å². The highest BCUT2D eigenvalue weighted by atomic mass is 16.7. The van der Waals surface area contributed by atoms with Crippen LogP contribution < -0.4 is 10.6 Å². The lowest BCUT2D eigenvalue weighted by Gasteiger charge is -2.40. The van der Waals surface area contributed by atoms with Crippen molar-refractivity contribution >= 4 is 17.3 Å². The summed E-state index contributed by atoms with van der Waals surface area (Å²) in [6, 6.07) is 5.08. The van der Waals surface area contributed by atoms with Crippen LogP contribution in [0.3, 0.4) is 0 Å². The molecule has 0 bridgehead atoms. The first kappa shape index (κ1) is 13.2. The van der Waals surface area contributed by atoms with Gasteiger partial charge in [0.25, 0.3) is 0 Å². The summed E-state index contributed by atoms with van der Waals surface area (Å²) < 4.78 is 11.5. The first-order chi connectivity index (χ1) is 9.61. The molecule has 2 fully saturated rings. The highest BCUT2D eigenvalue weighted by Gasteiger charge is 2.41. The molecule has 0 atom stereocenters. The van der Waals surface area contributed by atoms with E-state index < -0.39 is 11.8 Å². The molecule has 0 amide bonds. The van der Waals surface area contributed by atoms with E-state index in [1.54, 1.807) is 6.07 Å². The van der Waals surface area contributed by atoms with Crippen LogP contribution >= 0.6 is 0 Å². The Morgan fingerprint density at radius 3 is 2.80 bits per heavy atom. The molecule has 0 radical (unpaired) electrons. The number of nitrogens with two attached hydrogens (primary N) is 1. The number of piperidine rings is 1. The molecule has 0 unspecified atom stereocenters. The molecule has 1 aromatic rings. The predicted molar refractivity (Wildman–Crippen MR) is 73.9 cm³/mol. The molecular formula is C14H18N2O4. The van der Waals surface area contributed by atoms with Gasteiger partial charge < -0.3 is 25.2 Å². The minimum absolute atomic E-state index is 0.135. The number of rotatable bonds is 2. The molecule has 6 heteroatoms. The van der Waals surface area contributed by atoms with Gasteiger partial charge in [-0.2, -0.15) is 0 Å². The Labute approximate surface area is 117 Å². The van der Waals surface area contributed by atoms with Crippen LogP contribution in [0.2, 0.25) is 0 Å². The molecule has 3 rings (SSSR count). The molecule has 0 aliphatic carbocycles. The molecule has 2 heterocycles. The van der Waals surface area contributed by atoms with E-state index in [1.165, 1.54) is 6.07 Å². The fraction of sp³-hybridized carbons (Fsp3) is 0.500. The lowest BCUT2D eigenvalue weighted by Crippen LogP contribution is -2.49. The van der Waals surface area contributed by atoms with Crippen molar-refractivity contribution in [1.82, 2.24) is 0 Å². The Hall–Kier alpha value is -1.79. The smallest absolute Gasteiger partial charge is 0.337 e. The van der Waals surface area contributed by atoms with E-state index in [9.17, 15) is 4.79 Å². The Bertz CT molecular complexity index is 526. The second-order valence-corrected chi connectivity index (χ2v) is 5.18. The summed E-state index contributed by atoms with van der Waals surface area (Å²) in [5.74, 6) is -1.56. The molecule has 1 aromatic carbocycles. The topological polar surface area (TPSA) is 85.0 Å². The van der Waals surface area contributed by atoms with E-state index in [2.05, 4.69) is 4.90 Å². The summed E-state index contributed by atoms with van der Waals surface area (Å²) in [6.07, 6.45) is 1.79. The number of nitrogen functional groups attached to an aromatic ring is 1. The Morgan fingerprint density at radius 1 is 1.35 bits per heavy atom. The Kier molecular flexibility index (Phi) is 3.27. The molecule has 3 N–H and O–H groups in total. The van der Waals surface area contributed by atoms with Crippen LogP contribution in [0.1, 0.15) is 23.2 Å². The molecule has 20 heavy (non-hydrogen) atoms. The molecule has 108 valence electrons. The number of para-hydroxylation sites is 1. The number of hydrogen-bond acceptors (Lipinski definition) is 5. The zero-order valence-corrected chi connectivity index (χ0v) is 11.2. The molecule has 0 saturated carbocycles. The lowest BCUT2D eigenvalue weighted by molar-refractivity contribution is -0.161. The SMILES string of the molecule is Nc1c(C(=O)O)cccc1N1CCCC2(C1)OCCO2. The summed E-state index contributed by atoms with van der Waals surface area (Å²) >= 11 is 0. The van der Waals surface area contributed by atoms with Crippen molar-refractivity contribution in [3.63, 3.8) is 0 Å². The van der Waals surface area contributed by atoms with Crippen molar-refractivity contribution in [2.45, 2.75) is 18.6 Å².